The minimum atomic E-state index is -0.744. The Balaban J connectivity index is 2.70. The van der Waals surface area contributed by atoms with Gasteiger partial charge in [0.1, 0.15) is 0 Å². The van der Waals surface area contributed by atoms with Gasteiger partial charge in [-0.2, -0.15) is 0 Å². The van der Waals surface area contributed by atoms with Crippen molar-refractivity contribution < 1.29 is 14.6 Å². The zero-order chi connectivity index (χ0) is 10.6. The van der Waals surface area contributed by atoms with E-state index in [-0.39, 0.29) is 0 Å². The van der Waals surface area contributed by atoms with Crippen LogP contribution >= 0.6 is 0 Å². The average molecular weight is 198 g/mol. The number of rotatable bonds is 4. The van der Waals surface area contributed by atoms with Gasteiger partial charge in [0.2, 0.25) is 0 Å². The average Bonchev–Trinajstić information content (AvgIpc) is 2.19. The Morgan fingerprint density at radius 1 is 1.64 bits per heavy atom. The Morgan fingerprint density at radius 3 is 2.79 bits per heavy atom. The van der Waals surface area contributed by atoms with Crippen LogP contribution in [0, 0.1) is 5.41 Å². The van der Waals surface area contributed by atoms with E-state index in [0.29, 0.717) is 26.1 Å². The first-order valence-corrected chi connectivity index (χ1v) is 5.08. The van der Waals surface area contributed by atoms with Crippen LogP contribution in [0.15, 0.2) is 12.2 Å². The lowest BCUT2D eigenvalue weighted by Gasteiger charge is -2.33. The number of allylic oxidation sites excluding steroid dienone is 1. The van der Waals surface area contributed by atoms with Crippen LogP contribution in [0.4, 0.5) is 0 Å². The van der Waals surface area contributed by atoms with Crippen LogP contribution < -0.4 is 0 Å². The van der Waals surface area contributed by atoms with E-state index in [1.54, 1.807) is 0 Å². The summed E-state index contributed by atoms with van der Waals surface area (Å²) in [6, 6.07) is 0. The zero-order valence-corrected chi connectivity index (χ0v) is 8.71. The molecular weight excluding hydrogens is 180 g/mol. The summed E-state index contributed by atoms with van der Waals surface area (Å²) in [7, 11) is 0. The number of carboxylic acid groups (broad SMARTS) is 1. The molecule has 0 amide bonds. The third-order valence-electron chi connectivity index (χ3n) is 2.86. The highest BCUT2D eigenvalue weighted by Crippen LogP contribution is 2.35. The molecule has 0 aliphatic carbocycles. The van der Waals surface area contributed by atoms with Crippen LogP contribution in [0.3, 0.4) is 0 Å². The summed E-state index contributed by atoms with van der Waals surface area (Å²) in [6.45, 7) is 6.90. The molecule has 0 saturated carbocycles. The number of carboxylic acids is 1. The monoisotopic (exact) mass is 198 g/mol. The maximum absolute atomic E-state index is 11.2. The number of aliphatic carboxylic acids is 1. The summed E-state index contributed by atoms with van der Waals surface area (Å²) in [5.41, 5.74) is 0.295. The maximum atomic E-state index is 11.2. The molecule has 1 N–H and O–H groups in total. The van der Waals surface area contributed by atoms with Crippen molar-refractivity contribution in [3.05, 3.63) is 12.2 Å². The van der Waals surface area contributed by atoms with Crippen LogP contribution in [-0.4, -0.2) is 24.3 Å². The number of carbonyl (C=O) groups is 1. The van der Waals surface area contributed by atoms with Gasteiger partial charge in [-0.3, -0.25) is 4.79 Å². The van der Waals surface area contributed by atoms with E-state index in [4.69, 9.17) is 4.74 Å². The Bertz CT molecular complexity index is 227. The van der Waals surface area contributed by atoms with Crippen molar-refractivity contribution in [1.29, 1.82) is 0 Å². The summed E-state index contributed by atoms with van der Waals surface area (Å²) in [5.74, 6) is -0.744. The smallest absolute Gasteiger partial charge is 0.312 e. The second-order valence-corrected chi connectivity index (χ2v) is 4.02. The molecule has 0 radical (unpaired) electrons. The lowest BCUT2D eigenvalue weighted by molar-refractivity contribution is -0.157. The summed E-state index contributed by atoms with van der Waals surface area (Å²) >= 11 is 0. The molecule has 0 aromatic carbocycles. The summed E-state index contributed by atoms with van der Waals surface area (Å²) in [5, 5.41) is 9.21. The van der Waals surface area contributed by atoms with E-state index < -0.39 is 11.4 Å². The topological polar surface area (TPSA) is 46.5 Å². The predicted octanol–water partition coefficient (Wildman–Crippen LogP) is 2.22. The molecule has 3 heteroatoms. The predicted molar refractivity (Wildman–Crippen MR) is 54.2 cm³/mol. The van der Waals surface area contributed by atoms with E-state index in [1.807, 2.05) is 6.92 Å². The third kappa shape index (κ3) is 2.35. The summed E-state index contributed by atoms with van der Waals surface area (Å²) in [6.07, 6.45) is 2.94. The minimum Gasteiger partial charge on any atom is -0.481 e. The van der Waals surface area contributed by atoms with Gasteiger partial charge in [-0.1, -0.05) is 19.1 Å². The quantitative estimate of drug-likeness (QED) is 0.704. The molecule has 1 aliphatic rings. The van der Waals surface area contributed by atoms with Gasteiger partial charge < -0.3 is 9.84 Å². The molecule has 80 valence electrons. The van der Waals surface area contributed by atoms with Crippen molar-refractivity contribution in [3.8, 4) is 0 Å². The lowest BCUT2D eigenvalue weighted by atomic mass is 9.77. The van der Waals surface area contributed by atoms with E-state index in [9.17, 15) is 9.90 Å². The van der Waals surface area contributed by atoms with Crippen LogP contribution in [0.1, 0.15) is 32.6 Å². The van der Waals surface area contributed by atoms with Crippen molar-refractivity contribution in [2.24, 2.45) is 5.41 Å². The molecule has 1 atom stereocenters. The minimum absolute atomic E-state index is 0.335. The standard InChI is InChI=1S/C11H18O3/c1-3-9(2)7-11(10(12)13)5-4-6-14-8-11/h2-8H2,1H3,(H,12,13). The first kappa shape index (κ1) is 11.2. The van der Waals surface area contributed by atoms with Gasteiger partial charge in [0.15, 0.2) is 0 Å². The molecular formula is C11H18O3. The molecule has 14 heavy (non-hydrogen) atoms. The fourth-order valence-corrected chi connectivity index (χ4v) is 1.84. The van der Waals surface area contributed by atoms with Gasteiger partial charge in [0, 0.05) is 6.61 Å². The van der Waals surface area contributed by atoms with Crippen molar-refractivity contribution in [2.75, 3.05) is 13.2 Å². The molecule has 1 rings (SSSR count). The normalized spacial score (nSPS) is 27.2. The van der Waals surface area contributed by atoms with Crippen molar-refractivity contribution in [3.63, 3.8) is 0 Å². The van der Waals surface area contributed by atoms with E-state index in [2.05, 4.69) is 6.58 Å². The Labute approximate surface area is 84.8 Å². The second kappa shape index (κ2) is 4.60. The molecule has 0 aromatic rings. The van der Waals surface area contributed by atoms with Gasteiger partial charge in [0.05, 0.1) is 12.0 Å². The van der Waals surface area contributed by atoms with Gasteiger partial charge in [0.25, 0.3) is 0 Å². The highest BCUT2D eigenvalue weighted by atomic mass is 16.5. The lowest BCUT2D eigenvalue weighted by Crippen LogP contribution is -2.39. The third-order valence-corrected chi connectivity index (χ3v) is 2.86. The molecule has 1 unspecified atom stereocenters. The van der Waals surface area contributed by atoms with Crippen molar-refractivity contribution in [1.82, 2.24) is 0 Å². The highest BCUT2D eigenvalue weighted by Gasteiger charge is 2.40. The largest absolute Gasteiger partial charge is 0.481 e. The molecule has 1 fully saturated rings. The number of ether oxygens (including phenoxy) is 1. The fraction of sp³-hybridized carbons (Fsp3) is 0.727. The fourth-order valence-electron chi connectivity index (χ4n) is 1.84. The Hall–Kier alpha value is -0.830. The van der Waals surface area contributed by atoms with Crippen LogP contribution in [-0.2, 0) is 9.53 Å². The summed E-state index contributed by atoms with van der Waals surface area (Å²) < 4.78 is 5.27. The Kier molecular flexibility index (Phi) is 3.69. The highest BCUT2D eigenvalue weighted by molar-refractivity contribution is 5.75. The molecule has 0 aromatic heterocycles. The molecule has 3 nitrogen and oxygen atoms in total. The summed E-state index contributed by atoms with van der Waals surface area (Å²) in [4.78, 5) is 11.2. The van der Waals surface area contributed by atoms with Gasteiger partial charge in [-0.05, 0) is 25.7 Å². The zero-order valence-electron chi connectivity index (χ0n) is 8.71. The van der Waals surface area contributed by atoms with Crippen LogP contribution in [0.2, 0.25) is 0 Å². The second-order valence-electron chi connectivity index (χ2n) is 4.02. The molecule has 1 heterocycles. The number of hydrogen-bond donors (Lipinski definition) is 1. The molecule has 1 aliphatic heterocycles. The van der Waals surface area contributed by atoms with Crippen molar-refractivity contribution >= 4 is 5.97 Å². The first-order valence-electron chi connectivity index (χ1n) is 5.08. The Morgan fingerprint density at radius 2 is 2.36 bits per heavy atom. The maximum Gasteiger partial charge on any atom is 0.312 e. The van der Waals surface area contributed by atoms with Crippen molar-refractivity contribution in [2.45, 2.75) is 32.6 Å². The number of hydrogen-bond acceptors (Lipinski definition) is 2. The van der Waals surface area contributed by atoms with Gasteiger partial charge in [-0.15, -0.1) is 0 Å². The van der Waals surface area contributed by atoms with E-state index >= 15 is 0 Å². The van der Waals surface area contributed by atoms with Gasteiger partial charge >= 0.3 is 5.97 Å². The molecule has 0 spiro atoms. The van der Waals surface area contributed by atoms with Gasteiger partial charge in [-0.25, -0.2) is 0 Å². The van der Waals surface area contributed by atoms with Crippen LogP contribution in [0.5, 0.6) is 0 Å². The van der Waals surface area contributed by atoms with E-state index in [1.165, 1.54) is 0 Å². The molecule has 0 bridgehead atoms. The van der Waals surface area contributed by atoms with E-state index in [0.717, 1.165) is 18.4 Å². The SMILES string of the molecule is C=C(CC)CC1(C(=O)O)CCCOC1. The van der Waals surface area contributed by atoms with Crippen LogP contribution in [0.25, 0.3) is 0 Å². The molecule has 1 saturated heterocycles. The first-order chi connectivity index (χ1) is 6.60.